The molecule has 1 N–H and O–H groups in total. The number of anilines is 1. The van der Waals surface area contributed by atoms with Crippen LogP contribution in [0.25, 0.3) is 0 Å². The van der Waals surface area contributed by atoms with E-state index in [9.17, 15) is 9.59 Å². The third-order valence-corrected chi connectivity index (χ3v) is 3.68. The van der Waals surface area contributed by atoms with E-state index in [0.717, 1.165) is 6.42 Å². The van der Waals surface area contributed by atoms with Crippen LogP contribution >= 0.6 is 0 Å². The number of likely N-dealkylation sites (N-methyl/N-ethyl adjacent to an activating group) is 1. The Labute approximate surface area is 142 Å². The topological polar surface area (TPSA) is 67.9 Å². The van der Waals surface area contributed by atoms with Gasteiger partial charge >= 0.3 is 0 Å². The first-order valence-corrected chi connectivity index (χ1v) is 8.20. The van der Waals surface area contributed by atoms with Crippen LogP contribution in [-0.2, 0) is 9.59 Å². The van der Waals surface area contributed by atoms with Gasteiger partial charge in [-0.2, -0.15) is 0 Å². The van der Waals surface area contributed by atoms with E-state index in [0.29, 0.717) is 42.5 Å². The van der Waals surface area contributed by atoms with Crippen LogP contribution in [0.15, 0.2) is 29.8 Å². The molecule has 130 valence electrons. The number of fused-ring (bicyclic) bond motifs is 1. The number of benzene rings is 1. The number of rotatable bonds is 6. The van der Waals surface area contributed by atoms with Crippen molar-refractivity contribution in [2.24, 2.45) is 0 Å². The summed E-state index contributed by atoms with van der Waals surface area (Å²) in [6.45, 7) is 7.10. The van der Waals surface area contributed by atoms with Crippen molar-refractivity contribution in [3.63, 3.8) is 0 Å². The van der Waals surface area contributed by atoms with Crippen LogP contribution < -0.4 is 14.8 Å². The van der Waals surface area contributed by atoms with Crippen LogP contribution in [0.4, 0.5) is 5.69 Å². The normalized spacial score (nSPS) is 13.4. The highest BCUT2D eigenvalue weighted by Gasteiger charge is 2.18. The molecule has 0 bridgehead atoms. The number of ether oxygens (including phenoxy) is 2. The molecule has 0 fully saturated rings. The van der Waals surface area contributed by atoms with Crippen molar-refractivity contribution >= 4 is 17.5 Å². The second kappa shape index (κ2) is 8.38. The number of hydrogen-bond acceptors (Lipinski definition) is 4. The van der Waals surface area contributed by atoms with Gasteiger partial charge in [0, 0.05) is 23.9 Å². The van der Waals surface area contributed by atoms with E-state index >= 15 is 0 Å². The molecule has 0 radical (unpaired) electrons. The number of carbonyl (C=O) groups excluding carboxylic acids is 2. The third kappa shape index (κ3) is 4.50. The van der Waals surface area contributed by atoms with Gasteiger partial charge in [-0.1, -0.05) is 13.0 Å². The first kappa shape index (κ1) is 17.8. The average molecular weight is 332 g/mol. The van der Waals surface area contributed by atoms with Crippen LogP contribution in [-0.4, -0.2) is 43.0 Å². The van der Waals surface area contributed by atoms with Crippen LogP contribution in [0, 0.1) is 0 Å². The highest BCUT2D eigenvalue weighted by atomic mass is 16.6. The zero-order valence-corrected chi connectivity index (χ0v) is 14.4. The molecular weight excluding hydrogens is 308 g/mol. The summed E-state index contributed by atoms with van der Waals surface area (Å²) in [6, 6.07) is 5.25. The molecule has 6 nitrogen and oxygen atoms in total. The predicted molar refractivity (Wildman–Crippen MR) is 92.4 cm³/mol. The zero-order valence-electron chi connectivity index (χ0n) is 14.4. The Bertz CT molecular complexity index is 640. The van der Waals surface area contributed by atoms with E-state index < -0.39 is 0 Å². The Hall–Kier alpha value is -2.50. The first-order valence-electron chi connectivity index (χ1n) is 8.20. The molecule has 0 saturated carbocycles. The van der Waals surface area contributed by atoms with Gasteiger partial charge < -0.3 is 19.7 Å². The van der Waals surface area contributed by atoms with Crippen LogP contribution in [0.2, 0.25) is 0 Å². The number of carbonyl (C=O) groups is 2. The second-order valence-corrected chi connectivity index (χ2v) is 5.52. The van der Waals surface area contributed by atoms with Crippen molar-refractivity contribution in [2.75, 3.05) is 31.6 Å². The molecule has 1 heterocycles. The Kier molecular flexibility index (Phi) is 6.23. The molecule has 1 aliphatic heterocycles. The molecule has 24 heavy (non-hydrogen) atoms. The fraction of sp³-hybridized carbons (Fsp3) is 0.444. The molecule has 1 aromatic carbocycles. The maximum atomic E-state index is 12.3. The van der Waals surface area contributed by atoms with Gasteiger partial charge in [0.1, 0.15) is 19.8 Å². The summed E-state index contributed by atoms with van der Waals surface area (Å²) >= 11 is 0. The van der Waals surface area contributed by atoms with Gasteiger partial charge in [-0.25, -0.2) is 0 Å². The maximum Gasteiger partial charge on any atom is 0.249 e. The summed E-state index contributed by atoms with van der Waals surface area (Å²) in [5.74, 6) is 0.928. The molecule has 1 aliphatic rings. The quantitative estimate of drug-likeness (QED) is 0.813. The van der Waals surface area contributed by atoms with Crippen molar-refractivity contribution in [1.29, 1.82) is 0 Å². The van der Waals surface area contributed by atoms with Gasteiger partial charge in [-0.15, -0.1) is 0 Å². The predicted octanol–water partition coefficient (Wildman–Crippen LogP) is 2.60. The zero-order chi connectivity index (χ0) is 17.5. The molecule has 0 spiro atoms. The maximum absolute atomic E-state index is 12.3. The molecule has 0 aliphatic carbocycles. The molecule has 0 aromatic heterocycles. The minimum atomic E-state index is -0.244. The van der Waals surface area contributed by atoms with Gasteiger partial charge in [0.05, 0.1) is 0 Å². The highest BCUT2D eigenvalue weighted by molar-refractivity contribution is 5.98. The Morgan fingerprint density at radius 3 is 2.58 bits per heavy atom. The molecule has 0 unspecified atom stereocenters. The van der Waals surface area contributed by atoms with E-state index in [2.05, 4.69) is 5.32 Å². The fourth-order valence-corrected chi connectivity index (χ4v) is 2.47. The van der Waals surface area contributed by atoms with E-state index in [1.807, 2.05) is 19.9 Å². The smallest absolute Gasteiger partial charge is 0.249 e. The van der Waals surface area contributed by atoms with E-state index in [-0.39, 0.29) is 18.4 Å². The van der Waals surface area contributed by atoms with Crippen molar-refractivity contribution in [2.45, 2.75) is 27.2 Å². The summed E-state index contributed by atoms with van der Waals surface area (Å²) in [5.41, 5.74) is 1.28. The molecule has 2 amide bonds. The standard InChI is InChI=1S/C18H24N2O4/c1-4-6-13(3)18(22)20(5-2)12-17(21)19-14-7-8-15-16(11-14)24-10-9-23-15/h6-8,11H,4-5,9-10,12H2,1-3H3,(H,19,21)/b13-6+. The van der Waals surface area contributed by atoms with Crippen molar-refractivity contribution in [1.82, 2.24) is 4.90 Å². The second-order valence-electron chi connectivity index (χ2n) is 5.52. The van der Waals surface area contributed by atoms with Crippen molar-refractivity contribution in [3.05, 3.63) is 29.8 Å². The number of hydrogen-bond donors (Lipinski definition) is 1. The molecule has 6 heteroatoms. The lowest BCUT2D eigenvalue weighted by Gasteiger charge is -2.21. The lowest BCUT2D eigenvalue weighted by molar-refractivity contribution is -0.131. The largest absolute Gasteiger partial charge is 0.486 e. The van der Waals surface area contributed by atoms with E-state index in [1.54, 1.807) is 25.1 Å². The molecule has 0 atom stereocenters. The van der Waals surface area contributed by atoms with Crippen LogP contribution in [0.1, 0.15) is 27.2 Å². The lowest BCUT2D eigenvalue weighted by atomic mass is 10.2. The number of nitrogens with zero attached hydrogens (tertiary/aromatic N) is 1. The van der Waals surface area contributed by atoms with Gasteiger partial charge in [0.2, 0.25) is 11.8 Å². The van der Waals surface area contributed by atoms with Crippen molar-refractivity contribution < 1.29 is 19.1 Å². The minimum absolute atomic E-state index is 0.0126. The first-order chi connectivity index (χ1) is 11.5. The third-order valence-electron chi connectivity index (χ3n) is 3.68. The molecule has 2 rings (SSSR count). The van der Waals surface area contributed by atoms with E-state index in [4.69, 9.17) is 9.47 Å². The SMILES string of the molecule is CC/C=C(\C)C(=O)N(CC)CC(=O)Nc1ccc2c(c1)OCCO2. The molecular formula is C18H24N2O4. The average Bonchev–Trinajstić information content (AvgIpc) is 2.59. The molecule has 1 aromatic rings. The van der Waals surface area contributed by atoms with Gasteiger partial charge in [-0.3, -0.25) is 9.59 Å². The Balaban J connectivity index is 1.99. The summed E-state index contributed by atoms with van der Waals surface area (Å²) in [7, 11) is 0. The fourth-order valence-electron chi connectivity index (χ4n) is 2.47. The van der Waals surface area contributed by atoms with Crippen LogP contribution in [0.3, 0.4) is 0 Å². The van der Waals surface area contributed by atoms with Gasteiger partial charge in [0.15, 0.2) is 11.5 Å². The summed E-state index contributed by atoms with van der Waals surface area (Å²) in [6.07, 6.45) is 2.65. The van der Waals surface area contributed by atoms with Crippen molar-refractivity contribution in [3.8, 4) is 11.5 Å². The summed E-state index contributed by atoms with van der Waals surface area (Å²) < 4.78 is 10.9. The Morgan fingerprint density at radius 1 is 1.21 bits per heavy atom. The number of amides is 2. The summed E-state index contributed by atoms with van der Waals surface area (Å²) in [4.78, 5) is 26.0. The minimum Gasteiger partial charge on any atom is -0.486 e. The Morgan fingerprint density at radius 2 is 1.92 bits per heavy atom. The number of nitrogens with one attached hydrogen (secondary N) is 1. The van der Waals surface area contributed by atoms with E-state index in [1.165, 1.54) is 4.90 Å². The monoisotopic (exact) mass is 332 g/mol. The summed E-state index contributed by atoms with van der Waals surface area (Å²) in [5, 5.41) is 2.79. The van der Waals surface area contributed by atoms with Crippen LogP contribution in [0.5, 0.6) is 11.5 Å². The highest BCUT2D eigenvalue weighted by Crippen LogP contribution is 2.32. The van der Waals surface area contributed by atoms with Gasteiger partial charge in [0.25, 0.3) is 0 Å². The lowest BCUT2D eigenvalue weighted by Crippen LogP contribution is -2.38. The number of allylic oxidation sites excluding steroid dienone is 1. The van der Waals surface area contributed by atoms with Gasteiger partial charge in [-0.05, 0) is 32.4 Å². The molecule has 0 saturated heterocycles.